The van der Waals surface area contributed by atoms with Gasteiger partial charge in [-0.1, -0.05) is 12.1 Å². The molecule has 0 spiro atoms. The average molecular weight is 661 g/mol. The molecule has 49 heavy (non-hydrogen) atoms. The number of imidazole rings is 2. The van der Waals surface area contributed by atoms with Gasteiger partial charge in [-0.25, -0.2) is 14.8 Å². The summed E-state index contributed by atoms with van der Waals surface area (Å²) < 4.78 is 13.3. The van der Waals surface area contributed by atoms with E-state index in [1.807, 2.05) is 28.3 Å². The Morgan fingerprint density at radius 2 is 1.80 bits per heavy atom. The molecule has 250 valence electrons. The Hall–Kier alpha value is -5.59. The van der Waals surface area contributed by atoms with Crippen molar-refractivity contribution in [2.45, 2.75) is 57.0 Å². The number of aromatic nitrogens is 5. The van der Waals surface area contributed by atoms with E-state index in [0.29, 0.717) is 5.92 Å². The molecule has 9 rings (SSSR count). The number of rotatable bonds is 7. The zero-order chi connectivity index (χ0) is 33.4. The highest BCUT2D eigenvalue weighted by atomic mass is 16.5. The van der Waals surface area contributed by atoms with E-state index < -0.39 is 6.09 Å². The average Bonchev–Trinajstić information content (AvgIpc) is 3.92. The van der Waals surface area contributed by atoms with E-state index >= 15 is 0 Å². The second kappa shape index (κ2) is 11.2. The lowest BCUT2D eigenvalue weighted by Gasteiger charge is -2.61. The van der Waals surface area contributed by atoms with Gasteiger partial charge in [0.2, 0.25) is 12.3 Å². The van der Waals surface area contributed by atoms with Gasteiger partial charge in [-0.05, 0) is 62.9 Å². The molecule has 3 aromatic heterocycles. The number of hydrogen-bond acceptors (Lipinski definition) is 7. The first kappa shape index (κ1) is 29.5. The number of amides is 3. The number of piperidine rings is 1. The Morgan fingerprint density at radius 3 is 2.57 bits per heavy atom. The molecular weight excluding hydrogens is 624 g/mol. The topological polar surface area (TPSA) is 150 Å². The van der Waals surface area contributed by atoms with Crippen LogP contribution in [0.1, 0.15) is 62.6 Å². The number of hydrogen-bond donors (Lipinski definition) is 3. The van der Waals surface area contributed by atoms with Crippen LogP contribution < -0.4 is 10.1 Å². The number of nitrogens with zero attached hydrogens (tertiary/aromatic N) is 5. The first-order valence-corrected chi connectivity index (χ1v) is 16.8. The number of carbonyl (C=O) groups excluding carboxylic acids is 3. The fourth-order valence-electron chi connectivity index (χ4n) is 8.25. The molecule has 2 saturated heterocycles. The van der Waals surface area contributed by atoms with E-state index in [1.54, 1.807) is 0 Å². The highest BCUT2D eigenvalue weighted by Crippen LogP contribution is 2.54. The van der Waals surface area contributed by atoms with Crippen LogP contribution >= 0.6 is 0 Å². The van der Waals surface area contributed by atoms with Gasteiger partial charge in [0.25, 0.3) is 0 Å². The molecule has 5 atom stereocenters. The van der Waals surface area contributed by atoms with Crippen LogP contribution in [0.4, 0.5) is 4.79 Å². The number of methoxy groups -OCH3 is 1. The Bertz CT molecular complexity index is 2130. The number of H-pyrrole nitrogens is 2. The first-order chi connectivity index (χ1) is 23.9. The normalized spacial score (nSPS) is 23.5. The number of carbonyl (C=O) groups is 3. The largest absolute Gasteiger partial charge is 0.470 e. The van der Waals surface area contributed by atoms with Crippen molar-refractivity contribution in [3.05, 3.63) is 66.5 Å². The number of likely N-dealkylation sites (tertiary alicyclic amines) is 2. The summed E-state index contributed by atoms with van der Waals surface area (Å²) in [6, 6.07) is 14.8. The predicted molar refractivity (Wildman–Crippen MR) is 179 cm³/mol. The minimum absolute atomic E-state index is 0.00132. The summed E-state index contributed by atoms with van der Waals surface area (Å²) in [5.41, 5.74) is 6.91. The summed E-state index contributed by atoms with van der Waals surface area (Å²) in [5, 5.41) is 3.60. The van der Waals surface area contributed by atoms with Crippen molar-refractivity contribution in [1.29, 1.82) is 0 Å². The van der Waals surface area contributed by atoms with Crippen LogP contribution in [-0.4, -0.2) is 79.0 Å². The molecule has 2 aromatic carbocycles. The third kappa shape index (κ3) is 4.62. The molecule has 3 aliphatic heterocycles. The number of benzene rings is 2. The van der Waals surface area contributed by atoms with E-state index in [-0.39, 0.29) is 36.8 Å². The molecule has 0 bridgehead atoms. The maximum atomic E-state index is 13.0. The number of fused-ring (bicyclic) bond motifs is 6. The second-order valence-electron chi connectivity index (χ2n) is 13.4. The molecular formula is C36H36N8O5. The van der Waals surface area contributed by atoms with E-state index in [2.05, 4.69) is 72.9 Å². The lowest BCUT2D eigenvalue weighted by Crippen LogP contribution is -2.67. The summed E-state index contributed by atoms with van der Waals surface area (Å²) in [6.07, 6.45) is 7.63. The van der Waals surface area contributed by atoms with E-state index in [1.165, 1.54) is 7.11 Å². The molecule has 3 amide bonds. The summed E-state index contributed by atoms with van der Waals surface area (Å²) in [5.74, 6) is 2.59. The fourth-order valence-corrected chi connectivity index (χ4v) is 8.25. The van der Waals surface area contributed by atoms with Gasteiger partial charge in [0.05, 0.1) is 54.2 Å². The number of aromatic amines is 2. The summed E-state index contributed by atoms with van der Waals surface area (Å²) in [4.78, 5) is 55.9. The zero-order valence-corrected chi connectivity index (χ0v) is 27.2. The minimum atomic E-state index is -0.624. The lowest BCUT2D eigenvalue weighted by molar-refractivity contribution is -0.170. The smallest absolute Gasteiger partial charge is 0.407 e. The van der Waals surface area contributed by atoms with Gasteiger partial charge in [-0.2, -0.15) is 0 Å². The summed E-state index contributed by atoms with van der Waals surface area (Å²) in [6.45, 7) is 2.71. The Morgan fingerprint density at radius 1 is 1.02 bits per heavy atom. The highest BCUT2D eigenvalue weighted by Gasteiger charge is 2.57. The molecule has 0 radical (unpaired) electrons. The Labute approximate surface area is 281 Å². The van der Waals surface area contributed by atoms with Crippen LogP contribution in [0.3, 0.4) is 0 Å². The molecule has 6 heterocycles. The number of ether oxygens (including phenoxy) is 2. The third-order valence-corrected chi connectivity index (χ3v) is 10.8. The predicted octanol–water partition coefficient (Wildman–Crippen LogP) is 5.31. The van der Waals surface area contributed by atoms with Crippen LogP contribution in [0.15, 0.2) is 54.9 Å². The van der Waals surface area contributed by atoms with Gasteiger partial charge in [-0.15, -0.1) is 0 Å². The molecule has 4 aliphatic rings. The van der Waals surface area contributed by atoms with Crippen molar-refractivity contribution in [1.82, 2.24) is 39.6 Å². The van der Waals surface area contributed by atoms with Gasteiger partial charge >= 0.3 is 6.09 Å². The molecule has 13 heteroatoms. The molecule has 3 fully saturated rings. The molecule has 13 nitrogen and oxygen atoms in total. The summed E-state index contributed by atoms with van der Waals surface area (Å²) >= 11 is 0. The van der Waals surface area contributed by atoms with E-state index in [4.69, 9.17) is 9.72 Å². The van der Waals surface area contributed by atoms with Gasteiger partial charge in [0, 0.05) is 40.6 Å². The molecule has 5 aromatic rings. The molecule has 1 aliphatic carbocycles. The molecule has 5 unspecified atom stereocenters. The quantitative estimate of drug-likeness (QED) is 0.200. The maximum absolute atomic E-state index is 13.0. The Balaban J connectivity index is 0.974. The van der Waals surface area contributed by atoms with Crippen LogP contribution in [-0.2, 0) is 14.3 Å². The van der Waals surface area contributed by atoms with Crippen molar-refractivity contribution in [2.75, 3.05) is 20.2 Å². The van der Waals surface area contributed by atoms with Crippen molar-refractivity contribution in [3.63, 3.8) is 0 Å². The van der Waals surface area contributed by atoms with Gasteiger partial charge in [0.15, 0.2) is 6.23 Å². The van der Waals surface area contributed by atoms with Crippen LogP contribution in [0.25, 0.3) is 44.7 Å². The van der Waals surface area contributed by atoms with Gasteiger partial charge < -0.3 is 39.1 Å². The Kier molecular flexibility index (Phi) is 6.78. The molecule has 3 N–H and O–H groups in total. The maximum Gasteiger partial charge on any atom is 0.407 e. The van der Waals surface area contributed by atoms with E-state index in [9.17, 15) is 14.4 Å². The second-order valence-corrected chi connectivity index (χ2v) is 13.4. The number of alkyl carbamates (subject to hydrolysis) is 1. The minimum Gasteiger partial charge on any atom is -0.470 e. The SMILES string of the molecule is COC(=O)NCC(=O)N1C2CCC2C1c1ncc(-c2ccc3c(c2)OC(C)n2c-3cc3cc(-c4cnc(C5CCCN5C=O)[nH]4)ccc32)[nH]1. The van der Waals surface area contributed by atoms with Crippen LogP contribution in [0.5, 0.6) is 5.75 Å². The van der Waals surface area contributed by atoms with Crippen molar-refractivity contribution >= 4 is 29.3 Å². The van der Waals surface area contributed by atoms with Crippen LogP contribution in [0, 0.1) is 5.92 Å². The van der Waals surface area contributed by atoms with Crippen molar-refractivity contribution in [2.24, 2.45) is 5.92 Å². The van der Waals surface area contributed by atoms with Crippen molar-refractivity contribution in [3.8, 4) is 39.5 Å². The van der Waals surface area contributed by atoms with Crippen molar-refractivity contribution < 1.29 is 23.9 Å². The molecule has 1 saturated carbocycles. The first-order valence-electron chi connectivity index (χ1n) is 16.8. The number of nitrogens with one attached hydrogen (secondary N) is 3. The summed E-state index contributed by atoms with van der Waals surface area (Å²) in [7, 11) is 1.28. The van der Waals surface area contributed by atoms with E-state index in [0.717, 1.165) is 101 Å². The third-order valence-electron chi connectivity index (χ3n) is 10.8. The highest BCUT2D eigenvalue weighted by molar-refractivity contribution is 5.92. The lowest BCUT2D eigenvalue weighted by atomic mass is 9.65. The van der Waals surface area contributed by atoms with Crippen LogP contribution in [0.2, 0.25) is 0 Å². The standard InChI is InChI=1S/C36H36N8O5/c1-19-43-27-9-6-20(25-15-37-34(40-25)29-4-3-11-42(29)18-45)12-22(27)13-30(43)23-7-5-21(14-31(23)49-19)26-16-38-35(41-26)33-24-8-10-28(24)44(33)32(46)17-39-36(47)48-2/h5-7,9,12-16,18-19,24,28-29,33H,3-4,8,10-11,17H2,1-2H3,(H,37,40)(H,38,41)(H,39,47). The fraction of sp³-hybridized carbons (Fsp3) is 0.361. The zero-order valence-electron chi connectivity index (χ0n) is 27.2. The van der Waals surface area contributed by atoms with Gasteiger partial charge in [-0.3, -0.25) is 9.59 Å². The van der Waals surface area contributed by atoms with Gasteiger partial charge in [0.1, 0.15) is 23.9 Å². The monoisotopic (exact) mass is 660 g/mol.